The Labute approximate surface area is 74.6 Å². The molecule has 1 rings (SSSR count). The van der Waals surface area contributed by atoms with Gasteiger partial charge in [-0.1, -0.05) is 0 Å². The molecule has 9 heteroatoms. The molecule has 0 amide bonds. The van der Waals surface area contributed by atoms with E-state index in [1.54, 1.807) is 0 Å². The van der Waals surface area contributed by atoms with E-state index in [0.717, 1.165) is 7.05 Å². The minimum absolute atomic E-state index is 0. The zero-order valence-corrected chi connectivity index (χ0v) is 6.82. The second-order valence-corrected chi connectivity index (χ2v) is 2.65. The SMILES string of the molecule is Cn1nc(C(F)(F)F)cc1[B-](F)(F)F. The summed E-state index contributed by atoms with van der Waals surface area (Å²) in [5.74, 6) is 0. The Hall–Kier alpha value is -1.15. The quantitative estimate of drug-likeness (QED) is 0.514. The van der Waals surface area contributed by atoms with Crippen molar-refractivity contribution in [3.8, 4) is 0 Å². The Morgan fingerprint density at radius 3 is 2.00 bits per heavy atom. The smallest absolute Gasteiger partial charge is 0.444 e. The molecular formula is C5H4BF6N2-. The molecule has 1 aromatic rings. The van der Waals surface area contributed by atoms with Crippen LogP contribution >= 0.6 is 0 Å². The van der Waals surface area contributed by atoms with E-state index in [4.69, 9.17) is 0 Å². The average Bonchev–Trinajstić information content (AvgIpc) is 2.27. The summed E-state index contributed by atoms with van der Waals surface area (Å²) in [6.07, 6.45) is -4.85. The van der Waals surface area contributed by atoms with E-state index in [9.17, 15) is 26.1 Å². The molecule has 1 aromatic heterocycles. The van der Waals surface area contributed by atoms with Gasteiger partial charge < -0.3 is 17.6 Å². The molecule has 0 aliphatic rings. The van der Waals surface area contributed by atoms with Crippen molar-refractivity contribution in [2.24, 2.45) is 7.05 Å². The molecule has 80 valence electrons. The molecule has 1 heterocycles. The van der Waals surface area contributed by atoms with Gasteiger partial charge >= 0.3 is 13.2 Å². The Morgan fingerprint density at radius 2 is 1.79 bits per heavy atom. The second kappa shape index (κ2) is 2.92. The lowest BCUT2D eigenvalue weighted by atomic mass is 9.86. The first-order chi connectivity index (χ1) is 6.12. The lowest BCUT2D eigenvalue weighted by molar-refractivity contribution is -0.141. The zero-order valence-electron chi connectivity index (χ0n) is 6.82. The molecule has 0 N–H and O–H groups in total. The van der Waals surface area contributed by atoms with E-state index in [1.165, 1.54) is 0 Å². The number of hydrogen-bond acceptors (Lipinski definition) is 1. The van der Waals surface area contributed by atoms with Crippen LogP contribution in [0.4, 0.5) is 26.1 Å². The van der Waals surface area contributed by atoms with Crippen LogP contribution in [0, 0.1) is 0 Å². The topological polar surface area (TPSA) is 17.8 Å². The van der Waals surface area contributed by atoms with E-state index in [2.05, 4.69) is 5.10 Å². The van der Waals surface area contributed by atoms with Crippen molar-refractivity contribution in [2.75, 3.05) is 0 Å². The third kappa shape index (κ3) is 2.02. The summed E-state index contributed by atoms with van der Waals surface area (Å²) in [4.78, 5) is 0. The summed E-state index contributed by atoms with van der Waals surface area (Å²) in [7, 11) is 0.819. The third-order valence-electron chi connectivity index (χ3n) is 1.54. The molecule has 0 aliphatic carbocycles. The largest absolute Gasteiger partial charge is 0.527 e. The van der Waals surface area contributed by atoms with Crippen molar-refractivity contribution in [3.05, 3.63) is 11.8 Å². The highest BCUT2D eigenvalue weighted by atomic mass is 19.4. The van der Waals surface area contributed by atoms with Crippen molar-refractivity contribution in [3.63, 3.8) is 0 Å². The van der Waals surface area contributed by atoms with Gasteiger partial charge in [0.25, 0.3) is 0 Å². The van der Waals surface area contributed by atoms with Gasteiger partial charge in [0.15, 0.2) is 5.69 Å². The monoisotopic (exact) mass is 217 g/mol. The molecule has 14 heavy (non-hydrogen) atoms. The maximum atomic E-state index is 12.1. The first-order valence-corrected chi connectivity index (χ1v) is 3.43. The molecule has 0 fully saturated rings. The number of aromatic nitrogens is 2. The number of halogens is 6. The van der Waals surface area contributed by atoms with E-state index in [-0.39, 0.29) is 10.7 Å². The Balaban J connectivity index is 3.19. The first-order valence-electron chi connectivity index (χ1n) is 3.43. The molecule has 2 nitrogen and oxygen atoms in total. The van der Waals surface area contributed by atoms with Gasteiger partial charge in [0, 0.05) is 7.05 Å². The lowest BCUT2D eigenvalue weighted by Gasteiger charge is -2.13. The van der Waals surface area contributed by atoms with Crippen LogP contribution in [0.15, 0.2) is 6.07 Å². The molecule has 0 aromatic carbocycles. The summed E-state index contributed by atoms with van der Waals surface area (Å²) in [6.45, 7) is -5.46. The summed E-state index contributed by atoms with van der Waals surface area (Å²) in [5, 5.41) is 2.74. The fourth-order valence-corrected chi connectivity index (χ4v) is 0.927. The molecule has 0 radical (unpaired) electrons. The molecule has 0 unspecified atom stereocenters. The van der Waals surface area contributed by atoms with Crippen LogP contribution in [-0.2, 0) is 13.2 Å². The minimum atomic E-state index is -5.46. The Morgan fingerprint density at radius 1 is 1.29 bits per heavy atom. The fourth-order valence-electron chi connectivity index (χ4n) is 0.927. The Kier molecular flexibility index (Phi) is 2.28. The maximum Gasteiger partial charge on any atom is 0.527 e. The number of aryl methyl sites for hydroxylation is 1. The maximum absolute atomic E-state index is 12.1. The van der Waals surface area contributed by atoms with Crippen molar-refractivity contribution in [2.45, 2.75) is 6.18 Å². The summed E-state index contributed by atoms with van der Waals surface area (Å²) in [5.41, 5.74) is -2.90. The average molecular weight is 217 g/mol. The van der Waals surface area contributed by atoms with Crippen LogP contribution in [0.3, 0.4) is 0 Å². The van der Waals surface area contributed by atoms with Crippen molar-refractivity contribution >= 4 is 12.6 Å². The number of alkyl halides is 3. The van der Waals surface area contributed by atoms with E-state index in [1.807, 2.05) is 0 Å². The minimum Gasteiger partial charge on any atom is -0.444 e. The fraction of sp³-hybridized carbons (Fsp3) is 0.400. The summed E-state index contributed by atoms with van der Waals surface area (Å²) in [6, 6.07) is 0. The van der Waals surface area contributed by atoms with Crippen LogP contribution in [0.25, 0.3) is 0 Å². The van der Waals surface area contributed by atoms with Crippen LogP contribution < -0.4 is 5.59 Å². The normalized spacial score (nSPS) is 13.4. The van der Waals surface area contributed by atoms with E-state index >= 15 is 0 Å². The van der Waals surface area contributed by atoms with Gasteiger partial charge in [-0.25, -0.2) is 0 Å². The molecule has 0 atom stereocenters. The second-order valence-electron chi connectivity index (χ2n) is 2.65. The van der Waals surface area contributed by atoms with Crippen LogP contribution in [-0.4, -0.2) is 16.8 Å². The lowest BCUT2D eigenvalue weighted by Crippen LogP contribution is -2.39. The number of rotatable bonds is 1. The zero-order chi connectivity index (χ0) is 11.1. The highest BCUT2D eigenvalue weighted by Crippen LogP contribution is 2.27. The molecule has 0 aliphatic heterocycles. The van der Waals surface area contributed by atoms with Crippen LogP contribution in [0.5, 0.6) is 0 Å². The van der Waals surface area contributed by atoms with Gasteiger partial charge in [0.05, 0.1) is 0 Å². The van der Waals surface area contributed by atoms with Gasteiger partial charge in [-0.05, 0) is 11.7 Å². The highest BCUT2D eigenvalue weighted by Gasteiger charge is 2.38. The van der Waals surface area contributed by atoms with Gasteiger partial charge in [0.2, 0.25) is 0 Å². The molecule has 0 saturated heterocycles. The standard InChI is InChI=1S/C5H4BF6N2/c1-14-4(6(10,11)12)2-3(13-14)5(7,8)9/h2H,1H3/q-1. The van der Waals surface area contributed by atoms with Crippen molar-refractivity contribution in [1.29, 1.82) is 0 Å². The summed E-state index contributed by atoms with van der Waals surface area (Å²) >= 11 is 0. The van der Waals surface area contributed by atoms with E-state index < -0.39 is 24.4 Å². The Bertz CT molecular complexity index is 337. The van der Waals surface area contributed by atoms with Gasteiger partial charge in [-0.15, -0.1) is 0 Å². The molecule has 0 saturated carbocycles. The van der Waals surface area contributed by atoms with Crippen molar-refractivity contribution in [1.82, 2.24) is 9.78 Å². The van der Waals surface area contributed by atoms with Crippen LogP contribution in [0.1, 0.15) is 5.69 Å². The van der Waals surface area contributed by atoms with Gasteiger partial charge in [-0.2, -0.15) is 18.3 Å². The summed E-state index contributed by atoms with van der Waals surface area (Å²) < 4.78 is 72.2. The predicted molar refractivity (Wildman–Crippen MR) is 36.9 cm³/mol. The number of hydrogen-bond donors (Lipinski definition) is 0. The molecule has 0 bridgehead atoms. The molecular weight excluding hydrogens is 213 g/mol. The first kappa shape index (κ1) is 10.9. The van der Waals surface area contributed by atoms with Crippen LogP contribution in [0.2, 0.25) is 0 Å². The van der Waals surface area contributed by atoms with Crippen molar-refractivity contribution < 1.29 is 26.1 Å². The van der Waals surface area contributed by atoms with Gasteiger partial charge in [0.1, 0.15) is 0 Å². The van der Waals surface area contributed by atoms with E-state index in [0.29, 0.717) is 0 Å². The predicted octanol–water partition coefficient (Wildman–Crippen LogP) is 1.49. The van der Waals surface area contributed by atoms with Gasteiger partial charge in [-0.3, -0.25) is 0 Å². The number of nitrogens with zero attached hydrogens (tertiary/aromatic N) is 2. The highest BCUT2D eigenvalue weighted by molar-refractivity contribution is 6.72. The third-order valence-corrected chi connectivity index (χ3v) is 1.54. The molecule has 0 spiro atoms.